The van der Waals surface area contributed by atoms with Gasteiger partial charge in [0.15, 0.2) is 0 Å². The minimum absolute atomic E-state index is 0.0468. The Balaban J connectivity index is 1.33. The van der Waals surface area contributed by atoms with E-state index in [9.17, 15) is 9.18 Å². The number of rotatable bonds is 10. The zero-order chi connectivity index (χ0) is 26.2. The Morgan fingerprint density at radius 2 is 1.50 bits per heavy atom. The van der Waals surface area contributed by atoms with Crippen LogP contribution in [0.25, 0.3) is 0 Å². The van der Waals surface area contributed by atoms with Gasteiger partial charge in [0.25, 0.3) is 5.91 Å². The van der Waals surface area contributed by atoms with Crippen LogP contribution in [0.15, 0.2) is 90.3 Å². The molecule has 1 fully saturated rings. The minimum Gasteiger partial charge on any atom is -0.337 e. The van der Waals surface area contributed by atoms with E-state index < -0.39 is 0 Å². The number of carbonyl (C=O) groups excluding carboxylic acids is 1. The van der Waals surface area contributed by atoms with Gasteiger partial charge in [-0.05, 0) is 61.1 Å². The number of thiazole rings is 1. The molecule has 0 unspecified atom stereocenters. The van der Waals surface area contributed by atoms with Gasteiger partial charge in [0.1, 0.15) is 16.5 Å². The first kappa shape index (κ1) is 26.3. The maximum absolute atomic E-state index is 13.6. The lowest BCUT2D eigenvalue weighted by Gasteiger charge is -2.26. The van der Waals surface area contributed by atoms with Gasteiger partial charge in [-0.2, -0.15) is 0 Å². The van der Waals surface area contributed by atoms with Crippen LogP contribution in [0.1, 0.15) is 63.8 Å². The molecule has 1 aromatic heterocycles. The monoisotopic (exact) mass is 527 g/mol. The number of nitrogens with zero attached hydrogens (tertiary/aromatic N) is 3. The molecule has 5 rings (SSSR count). The van der Waals surface area contributed by atoms with Crippen LogP contribution >= 0.6 is 11.3 Å². The van der Waals surface area contributed by atoms with Crippen molar-refractivity contribution in [2.45, 2.75) is 44.7 Å². The summed E-state index contributed by atoms with van der Waals surface area (Å²) in [4.78, 5) is 22.0. The molecule has 0 bridgehead atoms. The van der Waals surface area contributed by atoms with E-state index >= 15 is 0 Å². The lowest BCUT2D eigenvalue weighted by molar-refractivity contribution is 0.0718. The summed E-state index contributed by atoms with van der Waals surface area (Å²) in [5, 5.41) is 2.84. The van der Waals surface area contributed by atoms with Crippen molar-refractivity contribution >= 4 is 17.2 Å². The van der Waals surface area contributed by atoms with Gasteiger partial charge in [0, 0.05) is 30.9 Å². The van der Waals surface area contributed by atoms with E-state index in [2.05, 4.69) is 65.6 Å². The van der Waals surface area contributed by atoms with Crippen molar-refractivity contribution in [3.8, 4) is 0 Å². The molecule has 0 aliphatic carbocycles. The molecule has 0 spiro atoms. The third-order valence-corrected chi connectivity index (χ3v) is 8.06. The van der Waals surface area contributed by atoms with E-state index in [-0.39, 0.29) is 17.6 Å². The fraction of sp³-hybridized carbons (Fsp3) is 0.312. The summed E-state index contributed by atoms with van der Waals surface area (Å²) in [6.07, 6.45) is 4.26. The molecule has 1 saturated heterocycles. The van der Waals surface area contributed by atoms with Crippen LogP contribution in [0.4, 0.5) is 4.39 Å². The van der Waals surface area contributed by atoms with Crippen molar-refractivity contribution in [1.29, 1.82) is 0 Å². The van der Waals surface area contributed by atoms with E-state index in [4.69, 9.17) is 4.98 Å². The largest absolute Gasteiger partial charge is 0.337 e. The maximum Gasteiger partial charge on any atom is 0.273 e. The van der Waals surface area contributed by atoms with Crippen molar-refractivity contribution in [2.75, 3.05) is 19.6 Å². The summed E-state index contributed by atoms with van der Waals surface area (Å²) in [6.45, 7) is 3.81. The summed E-state index contributed by atoms with van der Waals surface area (Å²) in [6, 6.07) is 28.0. The number of hydrogen-bond donors (Lipinski definition) is 0. The van der Waals surface area contributed by atoms with Crippen molar-refractivity contribution < 1.29 is 9.18 Å². The van der Waals surface area contributed by atoms with Crippen LogP contribution in [0, 0.1) is 5.82 Å². The van der Waals surface area contributed by atoms with Crippen molar-refractivity contribution in [3.05, 3.63) is 124 Å². The number of hydrogen-bond acceptors (Lipinski definition) is 4. The smallest absolute Gasteiger partial charge is 0.273 e. The SMILES string of the molecule is O=C(c1csc(CN(CCC(c2ccccc2)c2ccccc2)Cc2ccc(F)cc2)n1)N1CCCCC1. The van der Waals surface area contributed by atoms with Crippen molar-refractivity contribution in [2.24, 2.45) is 0 Å². The standard InChI is InChI=1S/C32H34FN3OS/c33-28-16-14-25(15-17-28)22-35(23-31-34-30(24-38-31)32(37)36-19-8-3-9-20-36)21-18-29(26-10-4-1-5-11-26)27-12-6-2-7-13-27/h1-2,4-7,10-17,24,29H,3,8-9,18-23H2. The van der Waals surface area contributed by atoms with Gasteiger partial charge in [0.05, 0.1) is 6.54 Å². The molecule has 196 valence electrons. The van der Waals surface area contributed by atoms with E-state index in [0.29, 0.717) is 18.8 Å². The second-order valence-corrected chi connectivity index (χ2v) is 10.9. The molecule has 0 radical (unpaired) electrons. The van der Waals surface area contributed by atoms with Gasteiger partial charge in [-0.25, -0.2) is 9.37 Å². The van der Waals surface area contributed by atoms with Gasteiger partial charge < -0.3 is 4.90 Å². The fourth-order valence-electron chi connectivity index (χ4n) is 5.20. The molecular formula is C32H34FN3OS. The lowest BCUT2D eigenvalue weighted by atomic mass is 9.88. The first-order valence-corrected chi connectivity index (χ1v) is 14.3. The quantitative estimate of drug-likeness (QED) is 0.220. The number of benzene rings is 3. The molecule has 38 heavy (non-hydrogen) atoms. The highest BCUT2D eigenvalue weighted by atomic mass is 32.1. The van der Waals surface area contributed by atoms with Crippen molar-refractivity contribution in [3.63, 3.8) is 0 Å². The topological polar surface area (TPSA) is 36.4 Å². The average Bonchev–Trinajstić information content (AvgIpc) is 3.44. The summed E-state index contributed by atoms with van der Waals surface area (Å²) in [5.41, 5.74) is 4.21. The minimum atomic E-state index is -0.227. The number of piperidine rings is 1. The molecule has 0 atom stereocenters. The summed E-state index contributed by atoms with van der Waals surface area (Å²) >= 11 is 1.55. The normalized spacial score (nSPS) is 13.8. The third-order valence-electron chi connectivity index (χ3n) is 7.23. The number of amides is 1. The molecule has 4 aromatic rings. The summed E-state index contributed by atoms with van der Waals surface area (Å²) in [5.74, 6) is 0.0838. The Hall–Kier alpha value is -3.35. The predicted molar refractivity (Wildman–Crippen MR) is 152 cm³/mol. The van der Waals surface area contributed by atoms with Crippen LogP contribution in [0.5, 0.6) is 0 Å². The van der Waals surface area contributed by atoms with Crippen molar-refractivity contribution in [1.82, 2.24) is 14.8 Å². The summed E-state index contributed by atoms with van der Waals surface area (Å²) in [7, 11) is 0. The van der Waals surface area contributed by atoms with Crippen LogP contribution in [-0.4, -0.2) is 40.3 Å². The van der Waals surface area contributed by atoms with Gasteiger partial charge in [-0.15, -0.1) is 11.3 Å². The fourth-order valence-corrected chi connectivity index (χ4v) is 6.01. The number of likely N-dealkylation sites (tertiary alicyclic amines) is 1. The molecule has 1 amide bonds. The Morgan fingerprint density at radius 1 is 0.868 bits per heavy atom. The Labute approximate surface area is 228 Å². The Bertz CT molecular complexity index is 1250. The maximum atomic E-state index is 13.6. The first-order chi connectivity index (χ1) is 18.7. The van der Waals surface area contributed by atoms with E-state index in [1.165, 1.54) is 29.7 Å². The molecule has 3 aromatic carbocycles. The summed E-state index contributed by atoms with van der Waals surface area (Å²) < 4.78 is 13.6. The third kappa shape index (κ3) is 6.94. The molecule has 2 heterocycles. The zero-order valence-electron chi connectivity index (χ0n) is 21.6. The van der Waals surface area contributed by atoms with Gasteiger partial charge >= 0.3 is 0 Å². The highest BCUT2D eigenvalue weighted by Crippen LogP contribution is 2.29. The zero-order valence-corrected chi connectivity index (χ0v) is 22.5. The first-order valence-electron chi connectivity index (χ1n) is 13.5. The predicted octanol–water partition coefficient (Wildman–Crippen LogP) is 7.13. The molecule has 1 aliphatic rings. The number of aromatic nitrogens is 1. The molecule has 0 saturated carbocycles. The lowest BCUT2D eigenvalue weighted by Crippen LogP contribution is -2.35. The van der Waals surface area contributed by atoms with Crippen LogP contribution in [0.3, 0.4) is 0 Å². The van der Waals surface area contributed by atoms with E-state index in [0.717, 1.165) is 49.5 Å². The van der Waals surface area contributed by atoms with Crippen LogP contribution < -0.4 is 0 Å². The second kappa shape index (κ2) is 12.9. The molecule has 4 nitrogen and oxygen atoms in total. The highest BCUT2D eigenvalue weighted by Gasteiger charge is 2.22. The van der Waals surface area contributed by atoms with E-state index in [1.807, 2.05) is 22.4 Å². The van der Waals surface area contributed by atoms with Gasteiger partial charge in [0.2, 0.25) is 0 Å². The highest BCUT2D eigenvalue weighted by molar-refractivity contribution is 7.09. The molecule has 0 N–H and O–H groups in total. The van der Waals surface area contributed by atoms with Gasteiger partial charge in [-0.1, -0.05) is 72.8 Å². The second-order valence-electron chi connectivity index (χ2n) is 9.98. The number of halogens is 1. The van der Waals surface area contributed by atoms with E-state index in [1.54, 1.807) is 11.3 Å². The molecule has 6 heteroatoms. The van der Waals surface area contributed by atoms with Crippen LogP contribution in [-0.2, 0) is 13.1 Å². The molecular weight excluding hydrogens is 493 g/mol. The number of carbonyl (C=O) groups is 1. The molecule has 1 aliphatic heterocycles. The Morgan fingerprint density at radius 3 is 2.13 bits per heavy atom. The Kier molecular flexibility index (Phi) is 8.94. The van der Waals surface area contributed by atoms with Gasteiger partial charge in [-0.3, -0.25) is 9.69 Å². The average molecular weight is 528 g/mol. The van der Waals surface area contributed by atoms with Crippen LogP contribution in [0.2, 0.25) is 0 Å².